The molecule has 0 bridgehead atoms. The van der Waals surface area contributed by atoms with Gasteiger partial charge in [-0.1, -0.05) is 41.5 Å². The summed E-state index contributed by atoms with van der Waals surface area (Å²) in [6.45, 7) is 13.7. The van der Waals surface area contributed by atoms with E-state index >= 15 is 0 Å². The van der Waals surface area contributed by atoms with E-state index in [-0.39, 0.29) is 5.41 Å². The second kappa shape index (κ2) is 6.14. The van der Waals surface area contributed by atoms with E-state index in [1.807, 2.05) is 11.7 Å². The van der Waals surface area contributed by atoms with Crippen LogP contribution >= 0.6 is 11.8 Å². The fraction of sp³-hybridized carbons (Fsp3) is 0.800. The maximum Gasteiger partial charge on any atom is 0.0670 e. The number of thioether (sulfide) groups is 1. The number of aryl methyl sites for hydroxylation is 2. The van der Waals surface area contributed by atoms with E-state index in [0.717, 1.165) is 17.6 Å². The summed E-state index contributed by atoms with van der Waals surface area (Å²) in [4.78, 5) is 0. The zero-order valence-electron chi connectivity index (χ0n) is 12.9. The van der Waals surface area contributed by atoms with Gasteiger partial charge in [0.2, 0.25) is 0 Å². The van der Waals surface area contributed by atoms with Gasteiger partial charge in [0.05, 0.1) is 5.69 Å². The van der Waals surface area contributed by atoms with Crippen LogP contribution in [0.25, 0.3) is 0 Å². The Balaban J connectivity index is 2.63. The molecular weight excluding hydrogens is 240 g/mol. The Bertz CT molecular complexity index is 374. The minimum Gasteiger partial charge on any atom is -0.275 e. The Hall–Kier alpha value is -0.440. The predicted octanol–water partition coefficient (Wildman–Crippen LogP) is 4.04. The van der Waals surface area contributed by atoms with Crippen molar-refractivity contribution in [3.8, 4) is 0 Å². The van der Waals surface area contributed by atoms with Gasteiger partial charge in [0, 0.05) is 24.9 Å². The molecule has 1 aromatic rings. The number of aromatic nitrogens is 2. The van der Waals surface area contributed by atoms with Crippen molar-refractivity contribution < 1.29 is 0 Å². The van der Waals surface area contributed by atoms with Gasteiger partial charge in [-0.15, -0.1) is 0 Å². The van der Waals surface area contributed by atoms with Crippen molar-refractivity contribution in [3.63, 3.8) is 0 Å². The Morgan fingerprint density at radius 2 is 1.89 bits per heavy atom. The number of rotatable bonds is 5. The third-order valence-electron chi connectivity index (χ3n) is 3.37. The molecule has 1 heterocycles. The highest BCUT2D eigenvalue weighted by molar-refractivity contribution is 7.99. The zero-order chi connectivity index (χ0) is 13.9. The smallest absolute Gasteiger partial charge is 0.0670 e. The maximum absolute atomic E-state index is 4.62. The molecule has 0 aromatic carbocycles. The second-order valence-electron chi connectivity index (χ2n) is 6.48. The number of hydrogen-bond donors (Lipinski definition) is 0. The van der Waals surface area contributed by atoms with E-state index < -0.39 is 0 Å². The van der Waals surface area contributed by atoms with Crippen LogP contribution < -0.4 is 0 Å². The molecule has 0 aliphatic rings. The van der Waals surface area contributed by atoms with Crippen LogP contribution in [0.3, 0.4) is 0 Å². The van der Waals surface area contributed by atoms with E-state index in [2.05, 4.69) is 64.6 Å². The van der Waals surface area contributed by atoms with E-state index in [4.69, 9.17) is 0 Å². The average molecular weight is 268 g/mol. The average Bonchev–Trinajstić information content (AvgIpc) is 2.59. The molecule has 18 heavy (non-hydrogen) atoms. The monoisotopic (exact) mass is 268 g/mol. The summed E-state index contributed by atoms with van der Waals surface area (Å²) < 4.78 is 1.95. The Morgan fingerprint density at radius 1 is 1.28 bits per heavy atom. The van der Waals surface area contributed by atoms with Crippen molar-refractivity contribution in [1.29, 1.82) is 0 Å². The SMILES string of the molecule is CC(C)C(C)SCCc1nn(C)cc1C(C)(C)C. The van der Waals surface area contributed by atoms with Gasteiger partial charge in [0.1, 0.15) is 0 Å². The quantitative estimate of drug-likeness (QED) is 0.802. The molecule has 0 saturated carbocycles. The molecular formula is C15H28N2S. The van der Waals surface area contributed by atoms with Crippen LogP contribution in [0.1, 0.15) is 52.8 Å². The van der Waals surface area contributed by atoms with Gasteiger partial charge in [-0.05, 0) is 22.6 Å². The lowest BCUT2D eigenvalue weighted by molar-refractivity contribution is 0.583. The van der Waals surface area contributed by atoms with Crippen LogP contribution in [0.5, 0.6) is 0 Å². The Labute approximate surface area is 117 Å². The van der Waals surface area contributed by atoms with Gasteiger partial charge < -0.3 is 0 Å². The van der Waals surface area contributed by atoms with Crippen molar-refractivity contribution >= 4 is 11.8 Å². The summed E-state index contributed by atoms with van der Waals surface area (Å²) in [5.74, 6) is 1.92. The highest BCUT2D eigenvalue weighted by atomic mass is 32.2. The van der Waals surface area contributed by atoms with E-state index in [0.29, 0.717) is 0 Å². The van der Waals surface area contributed by atoms with Gasteiger partial charge >= 0.3 is 0 Å². The molecule has 1 unspecified atom stereocenters. The first kappa shape index (κ1) is 15.6. The molecule has 1 atom stereocenters. The third-order valence-corrected chi connectivity index (χ3v) is 4.88. The van der Waals surface area contributed by atoms with Crippen molar-refractivity contribution in [3.05, 3.63) is 17.5 Å². The third kappa shape index (κ3) is 4.34. The highest BCUT2D eigenvalue weighted by Gasteiger charge is 2.21. The lowest BCUT2D eigenvalue weighted by Crippen LogP contribution is -2.14. The van der Waals surface area contributed by atoms with Crippen LogP contribution in [0.2, 0.25) is 0 Å². The van der Waals surface area contributed by atoms with Crippen molar-refractivity contribution in [2.75, 3.05) is 5.75 Å². The summed E-state index contributed by atoms with van der Waals surface area (Å²) in [5.41, 5.74) is 2.86. The molecule has 3 heteroatoms. The van der Waals surface area contributed by atoms with Gasteiger partial charge in [-0.25, -0.2) is 0 Å². The minimum atomic E-state index is 0.192. The maximum atomic E-state index is 4.62. The molecule has 0 N–H and O–H groups in total. The fourth-order valence-electron chi connectivity index (χ4n) is 1.88. The molecule has 1 rings (SSSR count). The van der Waals surface area contributed by atoms with Crippen molar-refractivity contribution in [2.24, 2.45) is 13.0 Å². The lowest BCUT2D eigenvalue weighted by atomic mass is 9.87. The number of hydrogen-bond acceptors (Lipinski definition) is 2. The normalized spacial score (nSPS) is 14.2. The largest absolute Gasteiger partial charge is 0.275 e. The summed E-state index contributed by atoms with van der Waals surface area (Å²) in [5, 5.41) is 5.35. The molecule has 2 nitrogen and oxygen atoms in total. The predicted molar refractivity (Wildman–Crippen MR) is 82.4 cm³/mol. The second-order valence-corrected chi connectivity index (χ2v) is 7.97. The molecule has 0 aliphatic carbocycles. The molecule has 104 valence electrons. The van der Waals surface area contributed by atoms with Crippen LogP contribution in [0.15, 0.2) is 6.20 Å². The van der Waals surface area contributed by atoms with Crippen LogP contribution in [-0.4, -0.2) is 20.8 Å². The summed E-state index contributed by atoms with van der Waals surface area (Å²) in [6, 6.07) is 0. The minimum absolute atomic E-state index is 0.192. The summed E-state index contributed by atoms with van der Waals surface area (Å²) in [6.07, 6.45) is 3.25. The van der Waals surface area contributed by atoms with Crippen LogP contribution in [0.4, 0.5) is 0 Å². The Kier molecular flexibility index (Phi) is 5.32. The first-order valence-corrected chi connectivity index (χ1v) is 7.91. The molecule has 0 aliphatic heterocycles. The van der Waals surface area contributed by atoms with Gasteiger partial charge in [0.15, 0.2) is 0 Å². The first-order chi connectivity index (χ1) is 8.21. The van der Waals surface area contributed by atoms with Gasteiger partial charge in [-0.2, -0.15) is 16.9 Å². The fourth-order valence-corrected chi connectivity index (χ4v) is 2.95. The standard InChI is InChI=1S/C15H28N2S/c1-11(2)12(3)18-9-8-14-13(15(4,5)6)10-17(7)16-14/h10-12H,8-9H2,1-7H3. The van der Waals surface area contributed by atoms with Gasteiger partial charge in [-0.3, -0.25) is 4.68 Å². The van der Waals surface area contributed by atoms with Crippen LogP contribution in [0, 0.1) is 5.92 Å². The topological polar surface area (TPSA) is 17.8 Å². The van der Waals surface area contributed by atoms with Crippen LogP contribution in [-0.2, 0) is 18.9 Å². The molecule has 0 spiro atoms. The van der Waals surface area contributed by atoms with E-state index in [1.54, 1.807) is 0 Å². The summed E-state index contributed by atoms with van der Waals surface area (Å²) in [7, 11) is 2.02. The van der Waals surface area contributed by atoms with E-state index in [9.17, 15) is 0 Å². The molecule has 0 amide bonds. The lowest BCUT2D eigenvalue weighted by Gasteiger charge is -2.19. The summed E-state index contributed by atoms with van der Waals surface area (Å²) >= 11 is 2.06. The van der Waals surface area contributed by atoms with Crippen molar-refractivity contribution in [1.82, 2.24) is 9.78 Å². The number of nitrogens with zero attached hydrogens (tertiary/aromatic N) is 2. The highest BCUT2D eigenvalue weighted by Crippen LogP contribution is 2.27. The molecule has 1 aromatic heterocycles. The van der Waals surface area contributed by atoms with E-state index in [1.165, 1.54) is 17.0 Å². The first-order valence-electron chi connectivity index (χ1n) is 6.86. The zero-order valence-corrected chi connectivity index (χ0v) is 13.8. The molecule has 0 saturated heterocycles. The van der Waals surface area contributed by atoms with Gasteiger partial charge in [0.25, 0.3) is 0 Å². The Morgan fingerprint density at radius 3 is 2.39 bits per heavy atom. The molecule has 0 radical (unpaired) electrons. The van der Waals surface area contributed by atoms with Crippen molar-refractivity contribution in [2.45, 2.75) is 58.6 Å². The molecule has 0 fully saturated rings.